The van der Waals surface area contributed by atoms with Gasteiger partial charge in [-0.2, -0.15) is 5.10 Å². The first-order valence-electron chi connectivity index (χ1n) is 7.19. The second kappa shape index (κ2) is 11.0. The van der Waals surface area contributed by atoms with E-state index in [4.69, 9.17) is 0 Å². The molecule has 0 bridgehead atoms. The number of carbonyl (C=O) groups is 1. The van der Waals surface area contributed by atoms with Crippen LogP contribution in [0.4, 0.5) is 0 Å². The molecule has 128 valence electrons. The minimum absolute atomic E-state index is 0. The average molecular weight is 360 g/mol. The molecule has 23 heavy (non-hydrogen) atoms. The summed E-state index contributed by atoms with van der Waals surface area (Å²) in [5.41, 5.74) is 1.45. The number of halogens is 2. The largest absolute Gasteiger partial charge is 0.351 e. The van der Waals surface area contributed by atoms with Crippen molar-refractivity contribution in [3.63, 3.8) is 0 Å². The van der Waals surface area contributed by atoms with Crippen LogP contribution in [-0.2, 0) is 0 Å². The molecule has 0 spiro atoms. The van der Waals surface area contributed by atoms with Gasteiger partial charge >= 0.3 is 0 Å². The van der Waals surface area contributed by atoms with E-state index in [0.717, 1.165) is 30.9 Å². The second-order valence-electron chi connectivity index (χ2n) is 4.83. The Kier molecular flexibility index (Phi) is 10.2. The smallest absolute Gasteiger partial charge is 0.251 e. The number of carbonyl (C=O) groups excluding carboxylic acids is 1. The molecule has 2 rings (SSSR count). The van der Waals surface area contributed by atoms with Crippen LogP contribution in [0.1, 0.15) is 29.5 Å². The van der Waals surface area contributed by atoms with Crippen LogP contribution >= 0.6 is 24.8 Å². The summed E-state index contributed by atoms with van der Waals surface area (Å²) in [6.07, 6.45) is 1.09. The van der Waals surface area contributed by atoms with E-state index in [-0.39, 0.29) is 30.7 Å². The Hall–Kier alpha value is -1.63. The SMILES string of the molecule is CCCNCCNC(=O)c1cccc(-c2n[nH]c(C)n2)c1.Cl.Cl. The van der Waals surface area contributed by atoms with Crippen molar-refractivity contribution in [3.8, 4) is 11.4 Å². The molecule has 2 aromatic rings. The highest BCUT2D eigenvalue weighted by Gasteiger charge is 2.08. The maximum absolute atomic E-state index is 12.1. The molecule has 0 saturated carbocycles. The van der Waals surface area contributed by atoms with Crippen LogP contribution in [0.2, 0.25) is 0 Å². The summed E-state index contributed by atoms with van der Waals surface area (Å²) in [6, 6.07) is 7.32. The highest BCUT2D eigenvalue weighted by molar-refractivity contribution is 5.95. The lowest BCUT2D eigenvalue weighted by Gasteiger charge is -2.06. The summed E-state index contributed by atoms with van der Waals surface area (Å²) in [5.74, 6) is 1.27. The third-order valence-corrected chi connectivity index (χ3v) is 2.99. The van der Waals surface area contributed by atoms with Crippen molar-refractivity contribution in [1.29, 1.82) is 0 Å². The Balaban J connectivity index is 0.00000242. The van der Waals surface area contributed by atoms with E-state index in [1.54, 1.807) is 12.1 Å². The minimum atomic E-state index is -0.0811. The van der Waals surface area contributed by atoms with Crippen LogP contribution in [0, 0.1) is 6.92 Å². The van der Waals surface area contributed by atoms with Crippen LogP contribution in [0.15, 0.2) is 24.3 Å². The van der Waals surface area contributed by atoms with Gasteiger partial charge in [-0.15, -0.1) is 24.8 Å². The zero-order chi connectivity index (χ0) is 15.1. The number of nitrogens with one attached hydrogen (secondary N) is 3. The van der Waals surface area contributed by atoms with E-state index in [1.807, 2.05) is 19.1 Å². The van der Waals surface area contributed by atoms with Gasteiger partial charge in [0.05, 0.1) is 0 Å². The number of nitrogens with zero attached hydrogens (tertiary/aromatic N) is 2. The maximum Gasteiger partial charge on any atom is 0.251 e. The molecule has 0 atom stereocenters. The zero-order valence-corrected chi connectivity index (χ0v) is 14.9. The summed E-state index contributed by atoms with van der Waals surface area (Å²) < 4.78 is 0. The van der Waals surface area contributed by atoms with Crippen molar-refractivity contribution in [2.75, 3.05) is 19.6 Å². The Morgan fingerprint density at radius 3 is 2.65 bits per heavy atom. The predicted molar refractivity (Wildman–Crippen MR) is 96.5 cm³/mol. The zero-order valence-electron chi connectivity index (χ0n) is 13.3. The number of aromatic nitrogens is 3. The highest BCUT2D eigenvalue weighted by atomic mass is 35.5. The fourth-order valence-electron chi connectivity index (χ4n) is 1.94. The van der Waals surface area contributed by atoms with E-state index in [9.17, 15) is 4.79 Å². The third-order valence-electron chi connectivity index (χ3n) is 2.99. The first-order valence-corrected chi connectivity index (χ1v) is 7.19. The van der Waals surface area contributed by atoms with Gasteiger partial charge in [0.1, 0.15) is 5.82 Å². The highest BCUT2D eigenvalue weighted by Crippen LogP contribution is 2.16. The molecule has 0 radical (unpaired) electrons. The number of hydrogen-bond donors (Lipinski definition) is 3. The number of rotatable bonds is 7. The molecule has 3 N–H and O–H groups in total. The molecule has 6 nitrogen and oxygen atoms in total. The first-order chi connectivity index (χ1) is 10.2. The van der Waals surface area contributed by atoms with Crippen LogP contribution in [0.25, 0.3) is 11.4 Å². The monoisotopic (exact) mass is 359 g/mol. The van der Waals surface area contributed by atoms with Crippen molar-refractivity contribution in [2.24, 2.45) is 0 Å². The lowest BCUT2D eigenvalue weighted by Crippen LogP contribution is -2.32. The van der Waals surface area contributed by atoms with E-state index in [0.29, 0.717) is 17.9 Å². The van der Waals surface area contributed by atoms with Gasteiger partial charge in [-0.3, -0.25) is 9.89 Å². The van der Waals surface area contributed by atoms with E-state index < -0.39 is 0 Å². The van der Waals surface area contributed by atoms with E-state index in [1.165, 1.54) is 0 Å². The Labute approximate surface area is 148 Å². The number of amides is 1. The third kappa shape index (κ3) is 6.56. The molecule has 0 unspecified atom stereocenters. The quantitative estimate of drug-likeness (QED) is 0.662. The van der Waals surface area contributed by atoms with Crippen LogP contribution in [0.5, 0.6) is 0 Å². The number of aryl methyl sites for hydroxylation is 1. The van der Waals surface area contributed by atoms with Gasteiger partial charge in [0.2, 0.25) is 0 Å². The van der Waals surface area contributed by atoms with E-state index >= 15 is 0 Å². The van der Waals surface area contributed by atoms with Crippen molar-refractivity contribution in [3.05, 3.63) is 35.7 Å². The minimum Gasteiger partial charge on any atom is -0.351 e. The lowest BCUT2D eigenvalue weighted by molar-refractivity contribution is 0.0954. The average Bonchev–Trinajstić information content (AvgIpc) is 2.93. The predicted octanol–water partition coefficient (Wildman–Crippen LogP) is 2.35. The fourth-order valence-corrected chi connectivity index (χ4v) is 1.94. The Bertz CT molecular complexity index is 603. The van der Waals surface area contributed by atoms with Gasteiger partial charge in [-0.25, -0.2) is 4.98 Å². The second-order valence-corrected chi connectivity index (χ2v) is 4.83. The van der Waals surface area contributed by atoms with Crippen molar-refractivity contribution in [2.45, 2.75) is 20.3 Å². The Morgan fingerprint density at radius 1 is 1.22 bits per heavy atom. The van der Waals surface area contributed by atoms with Gasteiger partial charge in [-0.05, 0) is 32.0 Å². The summed E-state index contributed by atoms with van der Waals surface area (Å²) in [4.78, 5) is 16.3. The molecule has 8 heteroatoms. The molecule has 1 aromatic carbocycles. The number of H-pyrrole nitrogens is 1. The summed E-state index contributed by atoms with van der Waals surface area (Å²) >= 11 is 0. The molecule has 1 heterocycles. The standard InChI is InChI=1S/C15H21N5O.2ClH/c1-3-7-16-8-9-17-15(21)13-6-4-5-12(10-13)14-18-11(2)19-20-14;;/h4-6,10,16H,3,7-9H2,1-2H3,(H,17,21)(H,18,19,20);2*1H. The van der Waals surface area contributed by atoms with Gasteiger partial charge in [0.15, 0.2) is 5.82 Å². The summed E-state index contributed by atoms with van der Waals surface area (Å²) in [6.45, 7) is 6.32. The number of hydrogen-bond acceptors (Lipinski definition) is 4. The molecule has 0 aliphatic rings. The topological polar surface area (TPSA) is 82.7 Å². The van der Waals surface area contributed by atoms with Gasteiger partial charge < -0.3 is 10.6 Å². The number of aromatic amines is 1. The van der Waals surface area contributed by atoms with Crippen LogP contribution < -0.4 is 10.6 Å². The molecular weight excluding hydrogens is 337 g/mol. The summed E-state index contributed by atoms with van der Waals surface area (Å²) in [7, 11) is 0. The maximum atomic E-state index is 12.1. The Morgan fingerprint density at radius 2 is 2.00 bits per heavy atom. The van der Waals surface area contributed by atoms with Crippen LogP contribution in [-0.4, -0.2) is 40.7 Å². The van der Waals surface area contributed by atoms with Crippen LogP contribution in [0.3, 0.4) is 0 Å². The molecule has 1 aromatic heterocycles. The van der Waals surface area contributed by atoms with Crippen molar-refractivity contribution >= 4 is 30.7 Å². The lowest BCUT2D eigenvalue weighted by atomic mass is 10.1. The summed E-state index contributed by atoms with van der Waals surface area (Å²) in [5, 5.41) is 13.0. The number of benzene rings is 1. The van der Waals surface area contributed by atoms with Gasteiger partial charge in [0.25, 0.3) is 5.91 Å². The van der Waals surface area contributed by atoms with Crippen molar-refractivity contribution in [1.82, 2.24) is 25.8 Å². The molecule has 0 saturated heterocycles. The molecule has 0 aliphatic carbocycles. The first kappa shape index (κ1) is 21.4. The van der Waals surface area contributed by atoms with Crippen molar-refractivity contribution < 1.29 is 4.79 Å². The molecule has 0 fully saturated rings. The van der Waals surface area contributed by atoms with Gasteiger partial charge in [-0.1, -0.05) is 19.1 Å². The molecular formula is C15H23Cl2N5O. The van der Waals surface area contributed by atoms with Gasteiger partial charge in [0, 0.05) is 24.2 Å². The van der Waals surface area contributed by atoms with E-state index in [2.05, 4.69) is 32.7 Å². The normalized spacial score (nSPS) is 9.65. The molecule has 0 aliphatic heterocycles. The fraction of sp³-hybridized carbons (Fsp3) is 0.400. The molecule has 1 amide bonds.